The lowest BCUT2D eigenvalue weighted by Crippen LogP contribution is -2.06. The zero-order valence-corrected chi connectivity index (χ0v) is 12.8. The van der Waals surface area contributed by atoms with Crippen molar-refractivity contribution in [2.45, 2.75) is 27.4 Å². The maximum atomic E-state index is 10.6. The number of aryl methyl sites for hydroxylation is 3. The summed E-state index contributed by atoms with van der Waals surface area (Å²) in [6.45, 7) is 6.02. The minimum atomic E-state index is -0.995. The van der Waals surface area contributed by atoms with Crippen molar-refractivity contribution in [1.82, 2.24) is 9.97 Å². The molecule has 1 N–H and O–H groups in total. The molecule has 0 unspecified atom stereocenters. The van der Waals surface area contributed by atoms with Gasteiger partial charge in [-0.15, -0.1) is 0 Å². The Morgan fingerprint density at radius 3 is 2.55 bits per heavy atom. The van der Waals surface area contributed by atoms with Crippen LogP contribution < -0.4 is 4.74 Å². The molecule has 0 atom stereocenters. The second-order valence-corrected chi connectivity index (χ2v) is 4.92. The molecule has 0 fully saturated rings. The number of hydrogen-bond acceptors (Lipinski definition) is 4. The van der Waals surface area contributed by atoms with Gasteiger partial charge in [0.2, 0.25) is 0 Å². The van der Waals surface area contributed by atoms with Gasteiger partial charge in [0.15, 0.2) is 0 Å². The van der Waals surface area contributed by atoms with E-state index in [-0.39, 0.29) is 6.61 Å². The summed E-state index contributed by atoms with van der Waals surface area (Å²) in [5.74, 6) is -0.384. The van der Waals surface area contributed by atoms with Crippen LogP contribution in [0.4, 0.5) is 0 Å². The number of hydrogen-bond donors (Lipinski definition) is 1. The number of aromatic nitrogens is 2. The van der Waals surface area contributed by atoms with Crippen molar-refractivity contribution in [2.75, 3.05) is 0 Å². The van der Waals surface area contributed by atoms with Gasteiger partial charge in [0, 0.05) is 11.6 Å². The second kappa shape index (κ2) is 6.85. The van der Waals surface area contributed by atoms with Gasteiger partial charge < -0.3 is 9.84 Å². The van der Waals surface area contributed by atoms with Gasteiger partial charge in [-0.3, -0.25) is 9.97 Å². The maximum absolute atomic E-state index is 10.6. The second-order valence-electron chi connectivity index (χ2n) is 4.92. The van der Waals surface area contributed by atoms with E-state index in [4.69, 9.17) is 9.84 Å². The minimum absolute atomic E-state index is 0.290. The van der Waals surface area contributed by atoms with E-state index in [1.165, 1.54) is 6.08 Å². The van der Waals surface area contributed by atoms with Crippen LogP contribution in [-0.4, -0.2) is 21.0 Å². The molecule has 114 valence electrons. The Bertz CT molecular complexity index is 724. The van der Waals surface area contributed by atoms with Gasteiger partial charge in [-0.2, -0.15) is 0 Å². The van der Waals surface area contributed by atoms with Crippen LogP contribution in [0.3, 0.4) is 0 Å². The number of nitrogens with zero attached hydrogens (tertiary/aromatic N) is 2. The molecule has 0 spiro atoms. The van der Waals surface area contributed by atoms with Crippen LogP contribution in [0.2, 0.25) is 0 Å². The first-order valence-electron chi connectivity index (χ1n) is 6.91. The van der Waals surface area contributed by atoms with Crippen molar-refractivity contribution in [3.8, 4) is 5.75 Å². The highest BCUT2D eigenvalue weighted by Crippen LogP contribution is 2.21. The summed E-state index contributed by atoms with van der Waals surface area (Å²) >= 11 is 0. The number of carboxylic acids is 1. The number of ether oxygens (including phenoxy) is 1. The van der Waals surface area contributed by atoms with E-state index in [1.54, 1.807) is 12.1 Å². The third-order valence-corrected chi connectivity index (χ3v) is 3.27. The van der Waals surface area contributed by atoms with E-state index in [0.717, 1.165) is 28.9 Å². The summed E-state index contributed by atoms with van der Waals surface area (Å²) in [6.07, 6.45) is 2.60. The van der Waals surface area contributed by atoms with Crippen LogP contribution in [0.1, 0.15) is 28.3 Å². The highest BCUT2D eigenvalue weighted by molar-refractivity contribution is 5.85. The monoisotopic (exact) mass is 298 g/mol. The fourth-order valence-electron chi connectivity index (χ4n) is 1.95. The summed E-state index contributed by atoms with van der Waals surface area (Å²) in [6, 6.07) is 7.26. The number of para-hydroxylation sites is 1. The van der Waals surface area contributed by atoms with Gasteiger partial charge >= 0.3 is 5.97 Å². The lowest BCUT2D eigenvalue weighted by atomic mass is 10.2. The molecule has 0 aliphatic heterocycles. The Morgan fingerprint density at radius 2 is 1.82 bits per heavy atom. The van der Waals surface area contributed by atoms with E-state index in [9.17, 15) is 4.79 Å². The van der Waals surface area contributed by atoms with Crippen molar-refractivity contribution < 1.29 is 14.6 Å². The summed E-state index contributed by atoms with van der Waals surface area (Å²) in [5.41, 5.74) is 4.11. The Morgan fingerprint density at radius 1 is 1.14 bits per heavy atom. The molecular weight excluding hydrogens is 280 g/mol. The van der Waals surface area contributed by atoms with Crippen molar-refractivity contribution in [3.05, 3.63) is 58.7 Å². The predicted octanol–water partition coefficient (Wildman–Crippen LogP) is 3.08. The molecule has 2 rings (SSSR count). The molecule has 5 heteroatoms. The molecule has 1 aromatic heterocycles. The van der Waals surface area contributed by atoms with Crippen molar-refractivity contribution in [1.29, 1.82) is 0 Å². The van der Waals surface area contributed by atoms with Gasteiger partial charge in [-0.1, -0.05) is 18.2 Å². The van der Waals surface area contributed by atoms with Gasteiger partial charge in [0.25, 0.3) is 0 Å². The largest absolute Gasteiger partial charge is 0.487 e. The number of rotatable bonds is 5. The minimum Gasteiger partial charge on any atom is -0.487 e. The summed E-state index contributed by atoms with van der Waals surface area (Å²) in [7, 11) is 0. The molecule has 1 heterocycles. The third kappa shape index (κ3) is 3.91. The van der Waals surface area contributed by atoms with E-state index in [0.29, 0.717) is 11.3 Å². The highest BCUT2D eigenvalue weighted by Gasteiger charge is 2.07. The number of benzene rings is 1. The third-order valence-electron chi connectivity index (χ3n) is 3.27. The van der Waals surface area contributed by atoms with Crippen LogP contribution in [0.5, 0.6) is 5.75 Å². The summed E-state index contributed by atoms with van der Waals surface area (Å²) in [5, 5.41) is 8.72. The lowest BCUT2D eigenvalue weighted by molar-refractivity contribution is -0.131. The van der Waals surface area contributed by atoms with Crippen LogP contribution >= 0.6 is 0 Å². The summed E-state index contributed by atoms with van der Waals surface area (Å²) in [4.78, 5) is 19.6. The van der Waals surface area contributed by atoms with E-state index in [2.05, 4.69) is 9.97 Å². The molecule has 0 aliphatic carbocycles. The van der Waals surface area contributed by atoms with Crippen molar-refractivity contribution in [3.63, 3.8) is 0 Å². The molecule has 5 nitrogen and oxygen atoms in total. The highest BCUT2D eigenvalue weighted by atomic mass is 16.5. The Kier molecular flexibility index (Phi) is 4.88. The molecule has 1 aromatic carbocycles. The van der Waals surface area contributed by atoms with E-state index >= 15 is 0 Å². The van der Waals surface area contributed by atoms with Crippen molar-refractivity contribution >= 4 is 12.0 Å². The van der Waals surface area contributed by atoms with Crippen LogP contribution in [0.15, 0.2) is 30.3 Å². The van der Waals surface area contributed by atoms with Crippen LogP contribution in [-0.2, 0) is 11.4 Å². The number of carboxylic acid groups (broad SMARTS) is 1. The summed E-state index contributed by atoms with van der Waals surface area (Å²) < 4.78 is 5.78. The Labute approximate surface area is 129 Å². The fourth-order valence-corrected chi connectivity index (χ4v) is 1.95. The normalized spacial score (nSPS) is 10.9. The van der Waals surface area contributed by atoms with Crippen LogP contribution in [0.25, 0.3) is 6.08 Å². The first kappa shape index (κ1) is 15.7. The van der Waals surface area contributed by atoms with E-state index in [1.807, 2.05) is 32.9 Å². The topological polar surface area (TPSA) is 72.3 Å². The van der Waals surface area contributed by atoms with Crippen LogP contribution in [0, 0.1) is 20.8 Å². The Hall–Kier alpha value is -2.69. The van der Waals surface area contributed by atoms with Gasteiger partial charge in [-0.25, -0.2) is 4.79 Å². The smallest absolute Gasteiger partial charge is 0.328 e. The SMILES string of the molecule is Cc1nc(C)c(COc2ccccc2/C=C/C(=O)O)nc1C. The molecule has 22 heavy (non-hydrogen) atoms. The average Bonchev–Trinajstić information content (AvgIpc) is 2.48. The maximum Gasteiger partial charge on any atom is 0.328 e. The molecular formula is C17H18N2O3. The molecule has 0 amide bonds. The average molecular weight is 298 g/mol. The number of carbonyl (C=O) groups is 1. The zero-order chi connectivity index (χ0) is 16.1. The molecule has 0 bridgehead atoms. The van der Waals surface area contributed by atoms with Gasteiger partial charge in [0.1, 0.15) is 12.4 Å². The van der Waals surface area contributed by atoms with Gasteiger partial charge in [-0.05, 0) is 32.9 Å². The molecule has 0 aliphatic rings. The fraction of sp³-hybridized carbons (Fsp3) is 0.235. The van der Waals surface area contributed by atoms with E-state index < -0.39 is 5.97 Å². The van der Waals surface area contributed by atoms with Gasteiger partial charge in [0.05, 0.1) is 22.8 Å². The molecule has 0 radical (unpaired) electrons. The first-order valence-corrected chi connectivity index (χ1v) is 6.91. The quantitative estimate of drug-likeness (QED) is 0.859. The molecule has 2 aromatic rings. The predicted molar refractivity (Wildman–Crippen MR) is 83.7 cm³/mol. The lowest BCUT2D eigenvalue weighted by Gasteiger charge is -2.11. The molecule has 0 saturated carbocycles. The molecule has 0 saturated heterocycles. The first-order chi connectivity index (χ1) is 10.5. The van der Waals surface area contributed by atoms with Crippen molar-refractivity contribution in [2.24, 2.45) is 0 Å². The Balaban J connectivity index is 2.19. The zero-order valence-electron chi connectivity index (χ0n) is 12.8. The number of aliphatic carboxylic acids is 1. The standard InChI is InChI=1S/C17H18N2O3/c1-11-12(2)19-15(13(3)18-11)10-22-16-7-5-4-6-14(16)8-9-17(20)21/h4-9H,10H2,1-3H3,(H,20,21)/b9-8+.